The van der Waals surface area contributed by atoms with E-state index in [1.54, 1.807) is 0 Å². The van der Waals surface area contributed by atoms with Gasteiger partial charge in [0.2, 0.25) is 5.78 Å². The predicted octanol–water partition coefficient (Wildman–Crippen LogP) is 0.453. The number of carbonyl (C=O) groups is 3. The molecular weight excluding hydrogens is 499 g/mol. The number of nitrogens with zero attached hydrogens (tertiary/aromatic N) is 1. The first-order valence-electron chi connectivity index (χ1n) is 12.8. The molecule has 0 radical (unpaired) electrons. The zero-order chi connectivity index (χ0) is 27.3. The molecule has 5 atom stereocenters. The van der Waals surface area contributed by atoms with Crippen LogP contribution in [0.3, 0.4) is 0 Å². The van der Waals surface area contributed by atoms with Crippen molar-refractivity contribution in [2.75, 3.05) is 25.0 Å². The van der Waals surface area contributed by atoms with Crippen molar-refractivity contribution in [1.29, 1.82) is 0 Å². The molecule has 2 aliphatic heterocycles. The van der Waals surface area contributed by atoms with Crippen LogP contribution in [0.4, 0.5) is 10.1 Å². The highest BCUT2D eigenvalue weighted by molar-refractivity contribution is 6.24. The molecule has 1 unspecified atom stereocenters. The van der Waals surface area contributed by atoms with Crippen LogP contribution in [-0.4, -0.2) is 74.1 Å². The number of rotatable bonds is 2. The minimum absolute atomic E-state index is 0.0342. The second-order valence-electron chi connectivity index (χ2n) is 10.9. The lowest BCUT2D eigenvalue weighted by Crippen LogP contribution is -2.65. The molecular formula is C26H29FN4O7. The van der Waals surface area contributed by atoms with Gasteiger partial charge in [-0.05, 0) is 51.1 Å². The summed E-state index contributed by atoms with van der Waals surface area (Å²) < 4.78 is 16.3. The van der Waals surface area contributed by atoms with Crippen LogP contribution < -0.4 is 16.8 Å². The lowest BCUT2D eigenvalue weighted by molar-refractivity contribution is -0.149. The SMILES string of the molecule is NC(=O)C1=C(O)[C@@]2(O)C(=O)C3=C(O)c4c(O)c5c(c(F)c4C[C@H]3C[C@H]2[C@H](N)C1=O)C(N1CCCC1)CCN5. The van der Waals surface area contributed by atoms with Gasteiger partial charge in [-0.3, -0.25) is 19.3 Å². The van der Waals surface area contributed by atoms with Crippen molar-refractivity contribution in [3.8, 4) is 5.75 Å². The Labute approximate surface area is 216 Å². The van der Waals surface area contributed by atoms with Gasteiger partial charge in [0.1, 0.15) is 28.7 Å². The topological polar surface area (TPSA) is 199 Å². The molecule has 6 rings (SSSR count). The molecule has 0 spiro atoms. The third-order valence-corrected chi connectivity index (χ3v) is 9.02. The molecule has 0 aromatic heterocycles. The van der Waals surface area contributed by atoms with E-state index in [1.165, 1.54) is 0 Å². The van der Waals surface area contributed by atoms with Crippen molar-refractivity contribution in [3.05, 3.63) is 39.4 Å². The number of amides is 1. The fourth-order valence-electron chi connectivity index (χ4n) is 7.22. The highest BCUT2D eigenvalue weighted by Crippen LogP contribution is 2.55. The summed E-state index contributed by atoms with van der Waals surface area (Å²) in [6.07, 6.45) is 2.35. The fraction of sp³-hybridized carbons (Fsp3) is 0.500. The Hall–Kier alpha value is -3.48. The van der Waals surface area contributed by atoms with Crippen molar-refractivity contribution in [2.45, 2.75) is 49.8 Å². The van der Waals surface area contributed by atoms with Gasteiger partial charge in [0.05, 0.1) is 17.3 Å². The van der Waals surface area contributed by atoms with E-state index in [0.717, 1.165) is 25.9 Å². The highest BCUT2D eigenvalue weighted by atomic mass is 19.1. The number of nitrogens with one attached hydrogen (secondary N) is 1. The van der Waals surface area contributed by atoms with Crippen molar-refractivity contribution in [1.82, 2.24) is 4.90 Å². The first kappa shape index (κ1) is 24.8. The van der Waals surface area contributed by atoms with E-state index in [2.05, 4.69) is 10.2 Å². The van der Waals surface area contributed by atoms with Crippen LogP contribution in [0.5, 0.6) is 5.75 Å². The maximum atomic E-state index is 16.3. The van der Waals surface area contributed by atoms with Gasteiger partial charge in [0, 0.05) is 35.2 Å². The number of primary amides is 1. The molecule has 202 valence electrons. The van der Waals surface area contributed by atoms with E-state index in [4.69, 9.17) is 11.5 Å². The molecule has 3 aliphatic carbocycles. The molecule has 1 aromatic rings. The number of likely N-dealkylation sites (tertiary alicyclic amines) is 1. The Morgan fingerprint density at radius 3 is 2.50 bits per heavy atom. The predicted molar refractivity (Wildman–Crippen MR) is 131 cm³/mol. The fourth-order valence-corrected chi connectivity index (χ4v) is 7.22. The number of fused-ring (bicyclic) bond motifs is 4. The number of hydrogen-bond donors (Lipinski definition) is 7. The number of benzene rings is 1. The van der Waals surface area contributed by atoms with E-state index in [9.17, 15) is 34.8 Å². The van der Waals surface area contributed by atoms with Crippen molar-refractivity contribution in [3.63, 3.8) is 0 Å². The quantitative estimate of drug-likeness (QED) is 0.209. The number of halogens is 1. The lowest BCUT2D eigenvalue weighted by Gasteiger charge is -2.48. The molecule has 38 heavy (non-hydrogen) atoms. The molecule has 2 heterocycles. The Morgan fingerprint density at radius 1 is 1.16 bits per heavy atom. The number of nitrogens with two attached hydrogens (primary N) is 2. The average Bonchev–Trinajstić information content (AvgIpc) is 3.42. The Morgan fingerprint density at radius 2 is 1.84 bits per heavy atom. The van der Waals surface area contributed by atoms with Gasteiger partial charge in [-0.1, -0.05) is 0 Å². The molecule has 9 N–H and O–H groups in total. The third-order valence-electron chi connectivity index (χ3n) is 9.02. The van der Waals surface area contributed by atoms with Crippen molar-refractivity contribution in [2.24, 2.45) is 23.3 Å². The van der Waals surface area contributed by atoms with Crippen LogP contribution >= 0.6 is 0 Å². The van der Waals surface area contributed by atoms with Crippen LogP contribution in [-0.2, 0) is 20.8 Å². The normalized spacial score (nSPS) is 32.9. The largest absolute Gasteiger partial charge is 0.508 e. The van der Waals surface area contributed by atoms with Crippen LogP contribution in [0.25, 0.3) is 5.76 Å². The Kier molecular flexibility index (Phi) is 5.40. The van der Waals surface area contributed by atoms with Crippen LogP contribution in [0.1, 0.15) is 48.4 Å². The molecule has 2 fully saturated rings. The Balaban J connectivity index is 1.53. The number of ketones is 2. The summed E-state index contributed by atoms with van der Waals surface area (Å²) >= 11 is 0. The summed E-state index contributed by atoms with van der Waals surface area (Å²) in [5.74, 6) is -8.69. The first-order chi connectivity index (χ1) is 18.0. The number of Topliss-reactive ketones (excluding diaryl/α,β-unsaturated/α-hetero) is 2. The van der Waals surface area contributed by atoms with Gasteiger partial charge in [-0.2, -0.15) is 0 Å². The van der Waals surface area contributed by atoms with Gasteiger partial charge < -0.3 is 37.2 Å². The molecule has 12 heteroatoms. The number of hydrogen-bond acceptors (Lipinski definition) is 10. The van der Waals surface area contributed by atoms with Crippen LogP contribution in [0.2, 0.25) is 0 Å². The molecule has 1 aromatic carbocycles. The smallest absolute Gasteiger partial charge is 0.255 e. The Bertz CT molecular complexity index is 1380. The lowest BCUT2D eigenvalue weighted by atomic mass is 9.57. The second-order valence-corrected chi connectivity index (χ2v) is 10.9. The number of phenolic OH excluding ortho intramolecular Hbond substituents is 1. The minimum Gasteiger partial charge on any atom is -0.508 e. The zero-order valence-corrected chi connectivity index (χ0v) is 20.5. The highest BCUT2D eigenvalue weighted by Gasteiger charge is 2.63. The standard InChI is InChI=1S/C26H29FN4O7/c27-17-10-7-9-8-11-18(28)21(33)16(25(29)37)24(36)26(11,38)23(35)13(9)20(32)14(10)22(34)19-15(17)12(3-4-30-19)31-5-1-2-6-31/h9,11-12,18,30,32,34,36,38H,1-8,28H2,(H2,29,37)/t9-,11-,12?,18-,26-/m0/s1. The average molecular weight is 529 g/mol. The van der Waals surface area contributed by atoms with Crippen molar-refractivity contribution >= 4 is 28.9 Å². The number of aromatic hydroxyl groups is 1. The molecule has 11 nitrogen and oxygen atoms in total. The van der Waals surface area contributed by atoms with E-state index < -0.39 is 69.6 Å². The minimum atomic E-state index is -2.80. The van der Waals surface area contributed by atoms with E-state index in [1.807, 2.05) is 0 Å². The van der Waals surface area contributed by atoms with Gasteiger partial charge >= 0.3 is 0 Å². The first-order valence-corrected chi connectivity index (χ1v) is 12.8. The van der Waals surface area contributed by atoms with Crippen LogP contribution in [0, 0.1) is 17.7 Å². The third kappa shape index (κ3) is 3.01. The van der Waals surface area contributed by atoms with Gasteiger partial charge in [-0.15, -0.1) is 0 Å². The van der Waals surface area contributed by atoms with Crippen molar-refractivity contribution < 1.29 is 39.2 Å². The van der Waals surface area contributed by atoms with Gasteiger partial charge in [0.25, 0.3) is 5.91 Å². The van der Waals surface area contributed by atoms with E-state index in [-0.39, 0.29) is 41.3 Å². The summed E-state index contributed by atoms with van der Waals surface area (Å²) in [6.45, 7) is 2.09. The van der Waals surface area contributed by atoms with Gasteiger partial charge in [0.15, 0.2) is 11.4 Å². The molecule has 1 saturated carbocycles. The molecule has 1 amide bonds. The van der Waals surface area contributed by atoms with E-state index >= 15 is 4.39 Å². The summed E-state index contributed by atoms with van der Waals surface area (Å²) in [4.78, 5) is 40.4. The maximum absolute atomic E-state index is 16.3. The molecule has 5 aliphatic rings. The monoisotopic (exact) mass is 528 g/mol. The summed E-state index contributed by atoms with van der Waals surface area (Å²) in [6, 6.07) is -1.80. The summed E-state index contributed by atoms with van der Waals surface area (Å²) in [5, 5.41) is 47.7. The second kappa shape index (κ2) is 8.26. The van der Waals surface area contributed by atoms with Crippen LogP contribution in [0.15, 0.2) is 16.9 Å². The number of carbonyl (C=O) groups excluding carboxylic acids is 3. The van der Waals surface area contributed by atoms with Gasteiger partial charge in [-0.25, -0.2) is 4.39 Å². The number of phenols is 1. The maximum Gasteiger partial charge on any atom is 0.255 e. The number of aliphatic hydroxyl groups excluding tert-OH is 2. The summed E-state index contributed by atoms with van der Waals surface area (Å²) in [5.41, 5.74) is 7.39. The van der Waals surface area contributed by atoms with E-state index in [0.29, 0.717) is 18.5 Å². The molecule has 1 saturated heterocycles. The molecule has 0 bridgehead atoms. The number of anilines is 1. The zero-order valence-electron chi connectivity index (χ0n) is 20.5. The summed E-state index contributed by atoms with van der Waals surface area (Å²) in [7, 11) is 0. The number of aliphatic hydroxyl groups is 3.